The zero-order valence-electron chi connectivity index (χ0n) is 18.0. The van der Waals surface area contributed by atoms with E-state index in [1.165, 1.54) is 76.7 Å². The minimum atomic E-state index is -3.40. The first kappa shape index (κ1) is 24.8. The van der Waals surface area contributed by atoms with E-state index in [1.807, 2.05) is 6.92 Å². The van der Waals surface area contributed by atoms with Crippen molar-refractivity contribution < 1.29 is 13.5 Å². The number of anilines is 1. The van der Waals surface area contributed by atoms with Gasteiger partial charge in [0.25, 0.3) is 0 Å². The standard InChI is InChI=1S/C23H41NO3S/c1-3-4-5-6-7-8-9-10-11-12-13-14-15-16-19-28(26,27)24-22-20-21(2)17-18-23(22)25/h17-18,20,24-25H,3-16,19H2,1-2H3. The van der Waals surface area contributed by atoms with Crippen LogP contribution in [0.5, 0.6) is 5.75 Å². The Bertz CT molecular complexity index is 629. The summed E-state index contributed by atoms with van der Waals surface area (Å²) in [7, 11) is -3.40. The largest absolute Gasteiger partial charge is 0.506 e. The fraction of sp³-hybridized carbons (Fsp3) is 0.739. The first-order valence-corrected chi connectivity index (χ1v) is 12.9. The first-order valence-electron chi connectivity index (χ1n) is 11.2. The molecule has 5 heteroatoms. The topological polar surface area (TPSA) is 66.4 Å². The Kier molecular flexibility index (Phi) is 13.0. The Morgan fingerprint density at radius 1 is 0.786 bits per heavy atom. The van der Waals surface area contributed by atoms with Gasteiger partial charge in [-0.25, -0.2) is 8.42 Å². The van der Waals surface area contributed by atoms with Gasteiger partial charge in [0.15, 0.2) is 0 Å². The minimum absolute atomic E-state index is 0.0323. The van der Waals surface area contributed by atoms with Crippen molar-refractivity contribution in [2.45, 2.75) is 104 Å². The van der Waals surface area contributed by atoms with Crippen LogP contribution in [0.4, 0.5) is 5.69 Å². The molecule has 2 N–H and O–H groups in total. The van der Waals surface area contributed by atoms with Gasteiger partial charge >= 0.3 is 0 Å². The molecule has 0 saturated carbocycles. The Morgan fingerprint density at radius 3 is 1.75 bits per heavy atom. The molecule has 28 heavy (non-hydrogen) atoms. The van der Waals surface area contributed by atoms with Gasteiger partial charge in [-0.3, -0.25) is 4.72 Å². The number of rotatable bonds is 17. The smallest absolute Gasteiger partial charge is 0.232 e. The van der Waals surface area contributed by atoms with Crippen LogP contribution in [-0.4, -0.2) is 19.3 Å². The fourth-order valence-corrected chi connectivity index (χ4v) is 4.62. The van der Waals surface area contributed by atoms with Crippen LogP contribution >= 0.6 is 0 Å². The highest BCUT2D eigenvalue weighted by Crippen LogP contribution is 2.25. The third-order valence-corrected chi connectivity index (χ3v) is 6.54. The third-order valence-electron chi connectivity index (χ3n) is 5.18. The second-order valence-electron chi connectivity index (χ2n) is 8.04. The van der Waals surface area contributed by atoms with Crippen molar-refractivity contribution in [1.82, 2.24) is 0 Å². The van der Waals surface area contributed by atoms with Crippen molar-refractivity contribution in [2.24, 2.45) is 0 Å². The molecule has 0 aliphatic heterocycles. The van der Waals surface area contributed by atoms with Crippen LogP contribution in [0, 0.1) is 6.92 Å². The minimum Gasteiger partial charge on any atom is -0.506 e. The Balaban J connectivity index is 2.00. The number of hydrogen-bond donors (Lipinski definition) is 2. The van der Waals surface area contributed by atoms with Gasteiger partial charge in [0.2, 0.25) is 10.0 Å². The SMILES string of the molecule is CCCCCCCCCCCCCCCCS(=O)(=O)Nc1cc(C)ccc1O. The number of unbranched alkanes of at least 4 members (excludes halogenated alkanes) is 13. The Morgan fingerprint density at radius 2 is 1.25 bits per heavy atom. The summed E-state index contributed by atoms with van der Waals surface area (Å²) in [6.07, 6.45) is 17.4. The van der Waals surface area contributed by atoms with Crippen LogP contribution in [0.25, 0.3) is 0 Å². The maximum absolute atomic E-state index is 12.2. The molecular formula is C23H41NO3S. The van der Waals surface area contributed by atoms with E-state index in [-0.39, 0.29) is 17.2 Å². The lowest BCUT2D eigenvalue weighted by molar-refractivity contribution is 0.477. The maximum Gasteiger partial charge on any atom is 0.232 e. The van der Waals surface area contributed by atoms with E-state index in [0.29, 0.717) is 6.42 Å². The van der Waals surface area contributed by atoms with Gasteiger partial charge < -0.3 is 5.11 Å². The van der Waals surface area contributed by atoms with Crippen molar-refractivity contribution in [3.8, 4) is 5.75 Å². The highest BCUT2D eigenvalue weighted by atomic mass is 32.2. The summed E-state index contributed by atoms with van der Waals surface area (Å²) < 4.78 is 26.8. The van der Waals surface area contributed by atoms with E-state index in [2.05, 4.69) is 11.6 Å². The molecule has 0 amide bonds. The first-order chi connectivity index (χ1) is 13.4. The number of sulfonamides is 1. The van der Waals surface area contributed by atoms with E-state index < -0.39 is 10.0 Å². The normalized spacial score (nSPS) is 11.6. The van der Waals surface area contributed by atoms with Crippen molar-refractivity contribution in [1.29, 1.82) is 0 Å². The van der Waals surface area contributed by atoms with Crippen LogP contribution in [-0.2, 0) is 10.0 Å². The molecule has 0 saturated heterocycles. The van der Waals surface area contributed by atoms with Crippen molar-refractivity contribution in [3.63, 3.8) is 0 Å². The Labute approximate surface area is 173 Å². The molecule has 0 unspecified atom stereocenters. The predicted molar refractivity (Wildman–Crippen MR) is 121 cm³/mol. The number of benzene rings is 1. The van der Waals surface area contributed by atoms with Crippen molar-refractivity contribution >= 4 is 15.7 Å². The average Bonchev–Trinajstić information content (AvgIpc) is 2.64. The molecule has 0 aliphatic rings. The summed E-state index contributed by atoms with van der Waals surface area (Å²) in [5, 5.41) is 9.77. The van der Waals surface area contributed by atoms with Crippen molar-refractivity contribution in [2.75, 3.05) is 10.5 Å². The molecule has 1 rings (SSSR count). The number of phenolic OH excluding ortho intramolecular Hbond substituents is 1. The summed E-state index contributed by atoms with van der Waals surface area (Å²) in [5.74, 6) is 0.0773. The molecule has 0 fully saturated rings. The van der Waals surface area contributed by atoms with Gasteiger partial charge in [-0.2, -0.15) is 0 Å². The van der Waals surface area contributed by atoms with E-state index in [9.17, 15) is 13.5 Å². The van der Waals surface area contributed by atoms with Crippen LogP contribution < -0.4 is 4.72 Å². The summed E-state index contributed by atoms with van der Waals surface area (Å²) >= 11 is 0. The lowest BCUT2D eigenvalue weighted by atomic mass is 10.0. The number of aromatic hydroxyl groups is 1. The van der Waals surface area contributed by atoms with Crippen LogP contribution in [0.1, 0.15) is 102 Å². The summed E-state index contributed by atoms with van der Waals surface area (Å²) in [4.78, 5) is 0. The molecule has 1 aromatic carbocycles. The number of nitrogens with one attached hydrogen (secondary N) is 1. The zero-order valence-corrected chi connectivity index (χ0v) is 18.8. The average molecular weight is 412 g/mol. The van der Waals surface area contributed by atoms with Crippen LogP contribution in [0.15, 0.2) is 18.2 Å². The number of aryl methyl sites for hydroxylation is 1. The van der Waals surface area contributed by atoms with Gasteiger partial charge in [-0.1, -0.05) is 96.5 Å². The molecule has 1 aromatic rings. The molecule has 0 spiro atoms. The van der Waals surface area contributed by atoms with Gasteiger partial charge in [-0.15, -0.1) is 0 Å². The third kappa shape index (κ3) is 12.3. The summed E-state index contributed by atoms with van der Waals surface area (Å²) in [6, 6.07) is 4.92. The fourth-order valence-electron chi connectivity index (χ4n) is 3.44. The lowest BCUT2D eigenvalue weighted by Crippen LogP contribution is -2.16. The highest BCUT2D eigenvalue weighted by molar-refractivity contribution is 7.92. The van der Waals surface area contributed by atoms with Crippen LogP contribution in [0.2, 0.25) is 0 Å². The van der Waals surface area contributed by atoms with Gasteiger partial charge in [-0.05, 0) is 31.0 Å². The van der Waals surface area contributed by atoms with E-state index in [1.54, 1.807) is 12.1 Å². The monoisotopic (exact) mass is 411 g/mol. The summed E-state index contributed by atoms with van der Waals surface area (Å²) in [5.41, 5.74) is 1.18. The highest BCUT2D eigenvalue weighted by Gasteiger charge is 2.12. The number of hydrogen-bond acceptors (Lipinski definition) is 3. The molecule has 0 atom stereocenters. The molecule has 0 aromatic heterocycles. The van der Waals surface area contributed by atoms with Gasteiger partial charge in [0, 0.05) is 0 Å². The molecule has 0 radical (unpaired) electrons. The molecular weight excluding hydrogens is 370 g/mol. The molecule has 0 heterocycles. The second-order valence-corrected chi connectivity index (χ2v) is 9.88. The molecule has 162 valence electrons. The van der Waals surface area contributed by atoms with Gasteiger partial charge in [0.1, 0.15) is 5.75 Å². The zero-order chi connectivity index (χ0) is 20.7. The molecule has 0 aliphatic carbocycles. The molecule has 4 nitrogen and oxygen atoms in total. The molecule has 0 bridgehead atoms. The lowest BCUT2D eigenvalue weighted by Gasteiger charge is -2.10. The van der Waals surface area contributed by atoms with E-state index in [0.717, 1.165) is 18.4 Å². The second kappa shape index (κ2) is 14.7. The van der Waals surface area contributed by atoms with Gasteiger partial charge in [0.05, 0.1) is 11.4 Å². The summed E-state index contributed by atoms with van der Waals surface area (Å²) in [6.45, 7) is 4.12. The predicted octanol–water partition coefficient (Wildman–Crippen LogP) is 6.92. The van der Waals surface area contributed by atoms with E-state index in [4.69, 9.17) is 0 Å². The maximum atomic E-state index is 12.2. The van der Waals surface area contributed by atoms with Crippen molar-refractivity contribution in [3.05, 3.63) is 23.8 Å². The van der Waals surface area contributed by atoms with E-state index >= 15 is 0 Å². The quantitative estimate of drug-likeness (QED) is 0.216. The number of phenols is 1. The van der Waals surface area contributed by atoms with Crippen LogP contribution in [0.3, 0.4) is 0 Å². The Hall–Kier alpha value is -1.23.